The Kier molecular flexibility index (Phi) is 12.2. The quantitative estimate of drug-likeness (QED) is 0.199. The van der Waals surface area contributed by atoms with Gasteiger partial charge in [-0.2, -0.15) is 13.2 Å². The number of carboxylic acid groups (broad SMARTS) is 1. The monoisotopic (exact) mass is 587 g/mol. The average molecular weight is 588 g/mol. The number of carboxylic acids is 1. The van der Waals surface area contributed by atoms with E-state index in [1.165, 1.54) is 5.56 Å². The first kappa shape index (κ1) is 32.1. The van der Waals surface area contributed by atoms with Crippen molar-refractivity contribution in [3.63, 3.8) is 0 Å². The predicted molar refractivity (Wildman–Crippen MR) is 140 cm³/mol. The molecule has 0 spiro atoms. The largest absolute Gasteiger partial charge is 0.480 e. The van der Waals surface area contributed by atoms with Crippen LogP contribution in [0.2, 0.25) is 0 Å². The van der Waals surface area contributed by atoms with Crippen LogP contribution in [0.4, 0.5) is 27.8 Å². The molecule has 9 nitrogen and oxygen atoms in total. The molecular formula is C27H34F5N5O4. The number of pyridine rings is 2. The first-order valence-electron chi connectivity index (χ1n) is 13.4. The second-order valence-corrected chi connectivity index (χ2v) is 9.66. The van der Waals surface area contributed by atoms with E-state index in [4.69, 9.17) is 4.74 Å². The zero-order valence-electron chi connectivity index (χ0n) is 22.4. The fraction of sp³-hybridized carbons (Fsp3) is 0.556. The highest BCUT2D eigenvalue weighted by Crippen LogP contribution is 2.31. The Balaban J connectivity index is 1.56. The maximum atomic E-state index is 13.3. The van der Waals surface area contributed by atoms with Gasteiger partial charge in [0, 0.05) is 31.5 Å². The number of hydrogen-bond acceptors (Lipinski definition) is 7. The van der Waals surface area contributed by atoms with Gasteiger partial charge in [-0.25, -0.2) is 18.6 Å². The van der Waals surface area contributed by atoms with Crippen molar-refractivity contribution in [2.24, 2.45) is 0 Å². The van der Waals surface area contributed by atoms with Gasteiger partial charge in [-0.15, -0.1) is 0 Å². The van der Waals surface area contributed by atoms with Crippen molar-refractivity contribution in [1.29, 1.82) is 0 Å². The summed E-state index contributed by atoms with van der Waals surface area (Å²) in [6.45, 7) is 0.979. The summed E-state index contributed by atoms with van der Waals surface area (Å²) in [6, 6.07) is 4.28. The fourth-order valence-corrected chi connectivity index (χ4v) is 4.46. The van der Waals surface area contributed by atoms with Gasteiger partial charge < -0.3 is 25.4 Å². The van der Waals surface area contributed by atoms with Crippen LogP contribution in [0.15, 0.2) is 30.5 Å². The molecule has 226 valence electrons. The third-order valence-electron chi connectivity index (χ3n) is 6.57. The number of fused-ring (bicyclic) bond motifs is 1. The number of nitrogens with one attached hydrogen (secondary N) is 2. The number of anilines is 1. The third-order valence-corrected chi connectivity index (χ3v) is 6.57. The normalized spacial score (nSPS) is 14.0. The van der Waals surface area contributed by atoms with E-state index < -0.39 is 48.4 Å². The van der Waals surface area contributed by atoms with Gasteiger partial charge in [-0.05, 0) is 68.8 Å². The average Bonchev–Trinajstić information content (AvgIpc) is 2.94. The molecule has 0 radical (unpaired) electrons. The Morgan fingerprint density at radius 1 is 1.15 bits per heavy atom. The third kappa shape index (κ3) is 10.5. The lowest BCUT2D eigenvalue weighted by molar-refractivity contribution is -0.139. The van der Waals surface area contributed by atoms with Crippen molar-refractivity contribution in [3.05, 3.63) is 53.0 Å². The second-order valence-electron chi connectivity index (χ2n) is 9.66. The van der Waals surface area contributed by atoms with Gasteiger partial charge in [0.15, 0.2) is 0 Å². The summed E-state index contributed by atoms with van der Waals surface area (Å²) in [4.78, 5) is 34.3. The van der Waals surface area contributed by atoms with Crippen molar-refractivity contribution in [1.82, 2.24) is 20.2 Å². The summed E-state index contributed by atoms with van der Waals surface area (Å²) >= 11 is 0. The van der Waals surface area contributed by atoms with Gasteiger partial charge in [0.2, 0.25) is 0 Å². The molecule has 1 aliphatic rings. The van der Waals surface area contributed by atoms with E-state index in [2.05, 4.69) is 26.7 Å². The van der Waals surface area contributed by atoms with Gasteiger partial charge >= 0.3 is 12.1 Å². The van der Waals surface area contributed by atoms with Crippen LogP contribution >= 0.6 is 0 Å². The van der Waals surface area contributed by atoms with Crippen LogP contribution < -0.4 is 10.6 Å². The molecule has 2 aromatic heterocycles. The van der Waals surface area contributed by atoms with Gasteiger partial charge in [-0.1, -0.05) is 6.07 Å². The first-order chi connectivity index (χ1) is 19.5. The van der Waals surface area contributed by atoms with Gasteiger partial charge in [0.05, 0.1) is 12.2 Å². The highest BCUT2D eigenvalue weighted by atomic mass is 19.4. The number of amides is 1. The Morgan fingerprint density at radius 2 is 1.95 bits per heavy atom. The molecule has 0 bridgehead atoms. The molecule has 0 saturated heterocycles. The number of aliphatic carboxylic acids is 1. The Labute approximate surface area is 234 Å². The predicted octanol–water partition coefficient (Wildman–Crippen LogP) is 4.03. The molecule has 41 heavy (non-hydrogen) atoms. The van der Waals surface area contributed by atoms with E-state index in [1.807, 2.05) is 11.0 Å². The van der Waals surface area contributed by atoms with Crippen LogP contribution in [-0.2, 0) is 28.5 Å². The zero-order chi connectivity index (χ0) is 29.8. The molecular weight excluding hydrogens is 553 g/mol. The smallest absolute Gasteiger partial charge is 0.418 e. The number of ether oxygens (including phenoxy) is 1. The molecule has 1 amide bonds. The van der Waals surface area contributed by atoms with Crippen LogP contribution in [0.1, 0.15) is 53.0 Å². The topological polar surface area (TPSA) is 117 Å². The summed E-state index contributed by atoms with van der Waals surface area (Å²) in [5.41, 5.74) is -0.0720. The number of alkyl halides is 5. The summed E-state index contributed by atoms with van der Waals surface area (Å²) < 4.78 is 69.7. The molecule has 1 atom stereocenters. The van der Waals surface area contributed by atoms with Crippen molar-refractivity contribution in [2.75, 3.05) is 44.7 Å². The maximum Gasteiger partial charge on any atom is 0.418 e. The van der Waals surface area contributed by atoms with Crippen molar-refractivity contribution in [2.45, 2.75) is 57.2 Å². The Morgan fingerprint density at radius 3 is 2.68 bits per heavy atom. The van der Waals surface area contributed by atoms with E-state index in [0.29, 0.717) is 25.5 Å². The van der Waals surface area contributed by atoms with Gasteiger partial charge in [-0.3, -0.25) is 9.78 Å². The molecule has 2 aromatic rings. The van der Waals surface area contributed by atoms with Crippen LogP contribution in [0.25, 0.3) is 0 Å². The van der Waals surface area contributed by atoms with Crippen molar-refractivity contribution in [3.8, 4) is 0 Å². The lowest BCUT2D eigenvalue weighted by Gasteiger charge is -2.24. The molecule has 0 fully saturated rings. The van der Waals surface area contributed by atoms with E-state index in [0.717, 1.165) is 49.6 Å². The Hall–Kier alpha value is -3.39. The molecule has 1 unspecified atom stereocenters. The number of nitrogens with zero attached hydrogens (tertiary/aromatic N) is 3. The van der Waals surface area contributed by atoms with Crippen LogP contribution in [0, 0.1) is 0 Å². The van der Waals surface area contributed by atoms with E-state index in [1.54, 1.807) is 0 Å². The molecule has 3 rings (SSSR count). The number of halogens is 5. The molecule has 0 aromatic carbocycles. The number of aromatic nitrogens is 2. The van der Waals surface area contributed by atoms with Crippen molar-refractivity contribution < 1.29 is 41.4 Å². The van der Waals surface area contributed by atoms with Crippen molar-refractivity contribution >= 4 is 17.7 Å². The minimum atomic E-state index is -4.85. The van der Waals surface area contributed by atoms with Crippen LogP contribution in [0.3, 0.4) is 0 Å². The highest BCUT2D eigenvalue weighted by Gasteiger charge is 2.36. The lowest BCUT2D eigenvalue weighted by Crippen LogP contribution is -2.44. The SMILES string of the molecule is O=C(NC(CCN(CCCCc1ccc2c(n1)NCCC2)CCOCC(F)F)C(=O)O)c1ncccc1C(F)(F)F. The number of unbranched alkanes of at least 4 members (excludes halogenated alkanes) is 1. The summed E-state index contributed by atoms with van der Waals surface area (Å²) in [6.07, 6.45) is -2.38. The second kappa shape index (κ2) is 15.6. The standard InChI is InChI=1S/C27H34F5N5O4/c28-22(29)17-41-16-15-37(13-2-1-6-19-9-8-18-5-3-12-34-24(18)35-19)14-10-21(26(39)40)36-25(38)23-20(27(30,31)32)7-4-11-33-23/h4,7-9,11,21-22H,1-3,5-6,10,12-17H2,(H,34,35)(H,36,38)(H,39,40). The van der Waals surface area contributed by atoms with E-state index in [-0.39, 0.29) is 26.1 Å². The molecule has 14 heteroatoms. The summed E-state index contributed by atoms with van der Waals surface area (Å²) in [5, 5.41) is 15.0. The van der Waals surface area contributed by atoms with E-state index in [9.17, 15) is 36.6 Å². The summed E-state index contributed by atoms with van der Waals surface area (Å²) in [5.74, 6) is -1.78. The molecule has 3 heterocycles. The lowest BCUT2D eigenvalue weighted by atomic mass is 10.1. The fourth-order valence-electron chi connectivity index (χ4n) is 4.46. The number of carbonyl (C=O) groups excluding carboxylic acids is 1. The zero-order valence-corrected chi connectivity index (χ0v) is 22.4. The maximum absolute atomic E-state index is 13.3. The minimum Gasteiger partial charge on any atom is -0.480 e. The minimum absolute atomic E-state index is 0.0185. The molecule has 3 N–H and O–H groups in total. The van der Waals surface area contributed by atoms with Crippen LogP contribution in [-0.4, -0.2) is 83.7 Å². The molecule has 0 saturated carbocycles. The molecule has 1 aliphatic heterocycles. The number of rotatable bonds is 16. The molecule has 0 aliphatic carbocycles. The van der Waals surface area contributed by atoms with E-state index >= 15 is 0 Å². The number of carbonyl (C=O) groups is 2. The van der Waals surface area contributed by atoms with Gasteiger partial charge in [0.1, 0.15) is 24.2 Å². The van der Waals surface area contributed by atoms with Gasteiger partial charge in [0.25, 0.3) is 12.3 Å². The number of aryl methyl sites for hydroxylation is 2. The Bertz CT molecular complexity index is 1150. The first-order valence-corrected chi connectivity index (χ1v) is 13.4. The number of hydrogen-bond donors (Lipinski definition) is 3. The summed E-state index contributed by atoms with van der Waals surface area (Å²) in [7, 11) is 0. The highest BCUT2D eigenvalue weighted by molar-refractivity contribution is 5.96. The van der Waals surface area contributed by atoms with Crippen LogP contribution in [0.5, 0.6) is 0 Å².